The van der Waals surface area contributed by atoms with Crippen molar-refractivity contribution >= 4 is 46.6 Å². The number of hydrogen-bond acceptors (Lipinski definition) is 4. The molecule has 132 valence electrons. The van der Waals surface area contributed by atoms with Crippen LogP contribution in [0, 0.1) is 0 Å². The van der Waals surface area contributed by atoms with Crippen molar-refractivity contribution in [3.8, 4) is 0 Å². The van der Waals surface area contributed by atoms with Crippen LogP contribution < -0.4 is 10.6 Å². The van der Waals surface area contributed by atoms with Gasteiger partial charge in [0.25, 0.3) is 5.91 Å². The fourth-order valence-corrected chi connectivity index (χ4v) is 2.41. The second kappa shape index (κ2) is 9.27. The van der Waals surface area contributed by atoms with Gasteiger partial charge < -0.3 is 14.8 Å². The van der Waals surface area contributed by atoms with Crippen LogP contribution >= 0.6 is 23.2 Å². The molecule has 2 amide bonds. The van der Waals surface area contributed by atoms with E-state index in [0.717, 1.165) is 0 Å². The van der Waals surface area contributed by atoms with E-state index in [1.54, 1.807) is 30.3 Å². The molecule has 2 aromatic rings. The molecule has 0 aromatic heterocycles. The van der Waals surface area contributed by atoms with Gasteiger partial charge in [-0.25, -0.2) is 4.79 Å². The molecule has 25 heavy (non-hydrogen) atoms. The van der Waals surface area contributed by atoms with Crippen LogP contribution in [0.25, 0.3) is 0 Å². The van der Waals surface area contributed by atoms with Crippen molar-refractivity contribution in [2.45, 2.75) is 0 Å². The Morgan fingerprint density at radius 1 is 1.00 bits per heavy atom. The highest BCUT2D eigenvalue weighted by Crippen LogP contribution is 2.23. The molecular formula is C17H16Cl2N2O4. The zero-order valence-electron chi connectivity index (χ0n) is 13.3. The normalized spacial score (nSPS) is 10.2. The van der Waals surface area contributed by atoms with Gasteiger partial charge in [0, 0.05) is 23.5 Å². The first-order chi connectivity index (χ1) is 12.0. The Bertz CT molecular complexity index is 768. The van der Waals surface area contributed by atoms with Crippen LogP contribution in [0.15, 0.2) is 42.5 Å². The van der Waals surface area contributed by atoms with E-state index >= 15 is 0 Å². The van der Waals surface area contributed by atoms with Gasteiger partial charge in [-0.3, -0.25) is 10.1 Å². The van der Waals surface area contributed by atoms with Gasteiger partial charge in [-0.05, 0) is 36.4 Å². The number of hydrogen-bond donors (Lipinski definition) is 2. The van der Waals surface area contributed by atoms with Crippen molar-refractivity contribution in [3.05, 3.63) is 58.1 Å². The van der Waals surface area contributed by atoms with E-state index in [2.05, 4.69) is 10.6 Å². The fraction of sp³-hybridized carbons (Fsp3) is 0.176. The second-order valence-electron chi connectivity index (χ2n) is 4.91. The van der Waals surface area contributed by atoms with Crippen molar-refractivity contribution in [1.29, 1.82) is 0 Å². The van der Waals surface area contributed by atoms with Crippen LogP contribution in [-0.2, 0) is 9.47 Å². The van der Waals surface area contributed by atoms with E-state index in [1.165, 1.54) is 19.2 Å². The summed E-state index contributed by atoms with van der Waals surface area (Å²) in [7, 11) is 1.51. The van der Waals surface area contributed by atoms with Gasteiger partial charge >= 0.3 is 6.09 Å². The molecule has 2 N–H and O–H groups in total. The van der Waals surface area contributed by atoms with Gasteiger partial charge in [-0.15, -0.1) is 0 Å². The zero-order valence-corrected chi connectivity index (χ0v) is 14.9. The average Bonchev–Trinajstić information content (AvgIpc) is 2.55. The lowest BCUT2D eigenvalue weighted by Gasteiger charge is -2.10. The molecule has 8 heteroatoms. The summed E-state index contributed by atoms with van der Waals surface area (Å²) in [5, 5.41) is 5.96. The standard InChI is InChI=1S/C17H16Cl2N2O4/c1-24-7-8-25-17(23)21-13-4-2-3-12(10-13)20-16(22)14-6-5-11(18)9-15(14)19/h2-6,9-10H,7-8H2,1H3,(H,20,22)(H,21,23). The third kappa shape index (κ3) is 5.94. The van der Waals surface area contributed by atoms with Gasteiger partial charge in [0.05, 0.1) is 17.2 Å². The summed E-state index contributed by atoms with van der Waals surface area (Å²) in [6.45, 7) is 0.458. The Morgan fingerprint density at radius 3 is 2.40 bits per heavy atom. The number of carbonyl (C=O) groups is 2. The minimum atomic E-state index is -0.610. The predicted octanol–water partition coefficient (Wildman–Crippen LogP) is 4.44. The molecule has 2 rings (SSSR count). The van der Waals surface area contributed by atoms with Crippen molar-refractivity contribution in [2.24, 2.45) is 0 Å². The van der Waals surface area contributed by atoms with E-state index in [0.29, 0.717) is 28.6 Å². The molecule has 0 unspecified atom stereocenters. The van der Waals surface area contributed by atoms with Gasteiger partial charge in [0.1, 0.15) is 6.61 Å². The number of amides is 2. The molecule has 2 aromatic carbocycles. The number of rotatable bonds is 6. The molecule has 0 aliphatic rings. The summed E-state index contributed by atoms with van der Waals surface area (Å²) < 4.78 is 9.70. The summed E-state index contributed by atoms with van der Waals surface area (Å²) in [6.07, 6.45) is -0.610. The maximum atomic E-state index is 12.3. The first-order valence-electron chi connectivity index (χ1n) is 7.29. The van der Waals surface area contributed by atoms with Gasteiger partial charge in [0.15, 0.2) is 0 Å². The SMILES string of the molecule is COCCOC(=O)Nc1cccc(NC(=O)c2ccc(Cl)cc2Cl)c1. The molecule has 6 nitrogen and oxygen atoms in total. The maximum absolute atomic E-state index is 12.3. The van der Waals surface area contributed by atoms with Gasteiger partial charge in [0.2, 0.25) is 0 Å². The largest absolute Gasteiger partial charge is 0.447 e. The molecule has 0 saturated heterocycles. The number of methoxy groups -OCH3 is 1. The molecule has 0 spiro atoms. The third-order valence-electron chi connectivity index (χ3n) is 3.06. The van der Waals surface area contributed by atoms with Crippen LogP contribution in [0.5, 0.6) is 0 Å². The molecule has 0 saturated carbocycles. The Balaban J connectivity index is 2.01. The number of carbonyl (C=O) groups excluding carboxylic acids is 2. The van der Waals surface area contributed by atoms with Crippen LogP contribution in [-0.4, -0.2) is 32.3 Å². The number of halogens is 2. The third-order valence-corrected chi connectivity index (χ3v) is 3.61. The molecule has 0 fully saturated rings. The minimum Gasteiger partial charge on any atom is -0.447 e. The first kappa shape index (κ1) is 19.1. The number of anilines is 2. The van der Waals surface area contributed by atoms with Crippen molar-refractivity contribution < 1.29 is 19.1 Å². The van der Waals surface area contributed by atoms with Crippen molar-refractivity contribution in [1.82, 2.24) is 0 Å². The van der Waals surface area contributed by atoms with Crippen LogP contribution in [0.2, 0.25) is 10.0 Å². The smallest absolute Gasteiger partial charge is 0.411 e. The van der Waals surface area contributed by atoms with E-state index < -0.39 is 6.09 Å². The molecule has 0 heterocycles. The average molecular weight is 383 g/mol. The molecule has 0 bridgehead atoms. The Morgan fingerprint density at radius 2 is 1.72 bits per heavy atom. The van der Waals surface area contributed by atoms with Crippen LogP contribution in [0.3, 0.4) is 0 Å². The van der Waals surface area contributed by atoms with Gasteiger partial charge in [-0.1, -0.05) is 29.3 Å². The Kier molecular flexibility index (Phi) is 7.06. The summed E-state index contributed by atoms with van der Waals surface area (Å²) in [5.74, 6) is -0.388. The first-order valence-corrected chi connectivity index (χ1v) is 8.04. The monoisotopic (exact) mass is 382 g/mol. The summed E-state index contributed by atoms with van der Waals surface area (Å²) in [6, 6.07) is 11.2. The predicted molar refractivity (Wildman–Crippen MR) is 97.7 cm³/mol. The molecular weight excluding hydrogens is 367 g/mol. The lowest BCUT2D eigenvalue weighted by atomic mass is 10.2. The number of nitrogens with one attached hydrogen (secondary N) is 2. The van der Waals surface area contributed by atoms with E-state index in [1.807, 2.05) is 0 Å². The van der Waals surface area contributed by atoms with E-state index in [4.69, 9.17) is 32.7 Å². The van der Waals surface area contributed by atoms with Crippen LogP contribution in [0.4, 0.5) is 16.2 Å². The lowest BCUT2D eigenvalue weighted by Crippen LogP contribution is -2.17. The van der Waals surface area contributed by atoms with Crippen molar-refractivity contribution in [2.75, 3.05) is 31.0 Å². The highest BCUT2D eigenvalue weighted by molar-refractivity contribution is 6.37. The number of benzene rings is 2. The van der Waals surface area contributed by atoms with E-state index in [-0.39, 0.29) is 17.5 Å². The summed E-state index contributed by atoms with van der Waals surface area (Å²) in [4.78, 5) is 23.9. The zero-order chi connectivity index (χ0) is 18.2. The molecule has 0 atom stereocenters. The summed E-state index contributed by atoms with van der Waals surface area (Å²) in [5.41, 5.74) is 1.26. The molecule has 0 radical (unpaired) electrons. The van der Waals surface area contributed by atoms with E-state index in [9.17, 15) is 9.59 Å². The van der Waals surface area contributed by atoms with Crippen LogP contribution in [0.1, 0.15) is 10.4 Å². The molecule has 0 aliphatic heterocycles. The highest BCUT2D eigenvalue weighted by atomic mass is 35.5. The highest BCUT2D eigenvalue weighted by Gasteiger charge is 2.11. The Hall–Kier alpha value is -2.28. The minimum absolute atomic E-state index is 0.147. The molecule has 0 aliphatic carbocycles. The van der Waals surface area contributed by atoms with Gasteiger partial charge in [-0.2, -0.15) is 0 Å². The summed E-state index contributed by atoms with van der Waals surface area (Å²) >= 11 is 11.8. The maximum Gasteiger partial charge on any atom is 0.411 e. The quantitative estimate of drug-likeness (QED) is 0.723. The second-order valence-corrected chi connectivity index (χ2v) is 5.76. The fourth-order valence-electron chi connectivity index (χ4n) is 1.92. The van der Waals surface area contributed by atoms with Crippen molar-refractivity contribution in [3.63, 3.8) is 0 Å². The number of ether oxygens (including phenoxy) is 2. The topological polar surface area (TPSA) is 76.7 Å². The lowest BCUT2D eigenvalue weighted by molar-refractivity contribution is 0.102. The Labute approximate surface area is 155 Å².